The van der Waals surface area contributed by atoms with Crippen LogP contribution in [0.1, 0.15) is 24.2 Å². The Labute approximate surface area is 175 Å². The van der Waals surface area contributed by atoms with Gasteiger partial charge in [0.25, 0.3) is 5.91 Å². The number of anilines is 2. The SMILES string of the molecule is CC(C)NC(=O)Nc1cccc(C(=O)Nc2cc(-c3cc(F)cc(Br)c3)[nH]n2)c1. The third-order valence-corrected chi connectivity index (χ3v) is 4.25. The molecule has 2 aromatic carbocycles. The number of carbonyl (C=O) groups is 2. The molecular formula is C20H19BrFN5O2. The normalized spacial score (nSPS) is 10.7. The smallest absolute Gasteiger partial charge is 0.319 e. The number of amides is 3. The lowest BCUT2D eigenvalue weighted by Gasteiger charge is -2.11. The highest BCUT2D eigenvalue weighted by Crippen LogP contribution is 2.25. The van der Waals surface area contributed by atoms with Gasteiger partial charge in [0.15, 0.2) is 5.82 Å². The number of rotatable bonds is 5. The van der Waals surface area contributed by atoms with Gasteiger partial charge in [-0.25, -0.2) is 9.18 Å². The van der Waals surface area contributed by atoms with E-state index in [9.17, 15) is 14.0 Å². The van der Waals surface area contributed by atoms with E-state index < -0.39 is 5.91 Å². The van der Waals surface area contributed by atoms with Crippen LogP contribution in [0.5, 0.6) is 0 Å². The van der Waals surface area contributed by atoms with Crippen molar-refractivity contribution in [3.63, 3.8) is 0 Å². The topological polar surface area (TPSA) is 98.9 Å². The summed E-state index contributed by atoms with van der Waals surface area (Å²) in [6.07, 6.45) is 0. The number of benzene rings is 2. The van der Waals surface area contributed by atoms with Crippen LogP contribution in [-0.4, -0.2) is 28.2 Å². The van der Waals surface area contributed by atoms with E-state index in [2.05, 4.69) is 42.1 Å². The van der Waals surface area contributed by atoms with Gasteiger partial charge in [-0.15, -0.1) is 0 Å². The minimum Gasteiger partial charge on any atom is -0.336 e. The van der Waals surface area contributed by atoms with E-state index in [1.165, 1.54) is 12.1 Å². The molecule has 0 saturated carbocycles. The lowest BCUT2D eigenvalue weighted by Crippen LogP contribution is -2.34. The number of nitrogens with zero attached hydrogens (tertiary/aromatic N) is 1. The van der Waals surface area contributed by atoms with Gasteiger partial charge in [0.2, 0.25) is 0 Å². The highest BCUT2D eigenvalue weighted by molar-refractivity contribution is 9.10. The average Bonchev–Trinajstić information content (AvgIpc) is 3.09. The number of nitrogens with one attached hydrogen (secondary N) is 4. The number of hydrogen-bond donors (Lipinski definition) is 4. The van der Waals surface area contributed by atoms with Crippen LogP contribution in [0.3, 0.4) is 0 Å². The summed E-state index contributed by atoms with van der Waals surface area (Å²) in [4.78, 5) is 24.3. The van der Waals surface area contributed by atoms with Gasteiger partial charge < -0.3 is 16.0 Å². The number of urea groups is 1. The fourth-order valence-corrected chi connectivity index (χ4v) is 3.06. The molecule has 3 aromatic rings. The summed E-state index contributed by atoms with van der Waals surface area (Å²) in [5.41, 5.74) is 1.99. The number of halogens is 2. The van der Waals surface area contributed by atoms with Crippen molar-refractivity contribution in [3.05, 3.63) is 64.4 Å². The Morgan fingerprint density at radius 1 is 1.10 bits per heavy atom. The fourth-order valence-electron chi connectivity index (χ4n) is 2.60. The first-order valence-corrected chi connectivity index (χ1v) is 9.60. The third-order valence-electron chi connectivity index (χ3n) is 3.80. The van der Waals surface area contributed by atoms with Crippen molar-refractivity contribution in [3.8, 4) is 11.3 Å². The van der Waals surface area contributed by atoms with Crippen LogP contribution in [0.2, 0.25) is 0 Å². The van der Waals surface area contributed by atoms with E-state index in [4.69, 9.17) is 0 Å². The van der Waals surface area contributed by atoms with E-state index in [1.807, 2.05) is 13.8 Å². The molecule has 0 aliphatic heterocycles. The molecule has 0 atom stereocenters. The van der Waals surface area contributed by atoms with Crippen LogP contribution < -0.4 is 16.0 Å². The van der Waals surface area contributed by atoms with Crippen molar-refractivity contribution in [2.45, 2.75) is 19.9 Å². The fraction of sp³-hybridized carbons (Fsp3) is 0.150. The van der Waals surface area contributed by atoms with Crippen molar-refractivity contribution >= 4 is 39.4 Å². The van der Waals surface area contributed by atoms with E-state index >= 15 is 0 Å². The van der Waals surface area contributed by atoms with Crippen molar-refractivity contribution in [1.29, 1.82) is 0 Å². The summed E-state index contributed by atoms with van der Waals surface area (Å²) >= 11 is 3.25. The summed E-state index contributed by atoms with van der Waals surface area (Å²) in [7, 11) is 0. The van der Waals surface area contributed by atoms with Gasteiger partial charge in [0.1, 0.15) is 5.82 Å². The Bertz CT molecular complexity index is 1030. The number of aromatic nitrogens is 2. The van der Waals surface area contributed by atoms with Crippen molar-refractivity contribution in [2.75, 3.05) is 10.6 Å². The molecule has 0 spiro atoms. The van der Waals surface area contributed by atoms with Crippen LogP contribution in [-0.2, 0) is 0 Å². The van der Waals surface area contributed by atoms with Crippen LogP contribution in [0.25, 0.3) is 11.3 Å². The summed E-state index contributed by atoms with van der Waals surface area (Å²) in [6.45, 7) is 3.70. The molecule has 9 heteroatoms. The molecule has 29 heavy (non-hydrogen) atoms. The van der Waals surface area contributed by atoms with Crippen molar-refractivity contribution in [1.82, 2.24) is 15.5 Å². The Hall–Kier alpha value is -3.20. The molecule has 7 nitrogen and oxygen atoms in total. The molecule has 0 radical (unpaired) electrons. The molecule has 3 amide bonds. The minimum atomic E-state index is -0.392. The van der Waals surface area contributed by atoms with E-state index in [-0.39, 0.29) is 17.9 Å². The van der Waals surface area contributed by atoms with Gasteiger partial charge in [-0.1, -0.05) is 22.0 Å². The highest BCUT2D eigenvalue weighted by atomic mass is 79.9. The number of hydrogen-bond acceptors (Lipinski definition) is 3. The van der Waals surface area contributed by atoms with E-state index in [0.29, 0.717) is 32.8 Å². The Morgan fingerprint density at radius 2 is 1.90 bits per heavy atom. The Kier molecular flexibility index (Phi) is 6.28. The molecular weight excluding hydrogens is 441 g/mol. The van der Waals surface area contributed by atoms with Gasteiger partial charge >= 0.3 is 6.03 Å². The van der Waals surface area contributed by atoms with E-state index in [0.717, 1.165) is 0 Å². The summed E-state index contributed by atoms with van der Waals surface area (Å²) in [5, 5.41) is 14.9. The zero-order chi connectivity index (χ0) is 21.0. The monoisotopic (exact) mass is 459 g/mol. The second kappa shape index (κ2) is 8.87. The zero-order valence-electron chi connectivity index (χ0n) is 15.7. The number of carbonyl (C=O) groups excluding carboxylic acids is 2. The van der Waals surface area contributed by atoms with Crippen molar-refractivity contribution < 1.29 is 14.0 Å². The molecule has 1 heterocycles. The van der Waals surface area contributed by atoms with Crippen molar-refractivity contribution in [2.24, 2.45) is 0 Å². The lowest BCUT2D eigenvalue weighted by molar-refractivity contribution is 0.102. The number of aromatic amines is 1. The van der Waals surface area contributed by atoms with Crippen LogP contribution in [0, 0.1) is 5.82 Å². The second-order valence-electron chi connectivity index (χ2n) is 6.61. The molecule has 4 N–H and O–H groups in total. The van der Waals surface area contributed by atoms with Crippen LogP contribution >= 0.6 is 15.9 Å². The van der Waals surface area contributed by atoms with Gasteiger partial charge in [0, 0.05) is 33.4 Å². The average molecular weight is 460 g/mol. The molecule has 3 rings (SSSR count). The minimum absolute atomic E-state index is 0.00550. The molecule has 0 aliphatic carbocycles. The molecule has 150 valence electrons. The predicted octanol–water partition coefficient (Wildman–Crippen LogP) is 4.76. The maximum absolute atomic E-state index is 13.6. The second-order valence-corrected chi connectivity index (χ2v) is 7.53. The highest BCUT2D eigenvalue weighted by Gasteiger charge is 2.12. The first-order chi connectivity index (χ1) is 13.8. The standard InChI is InChI=1S/C20H19BrFN5O2/c1-11(2)23-20(29)24-16-5-3-4-12(8-16)19(28)25-18-10-17(26-27-18)13-6-14(21)9-15(22)7-13/h3-11H,1-2H3,(H2,23,24,29)(H2,25,26,27,28). The van der Waals surface area contributed by atoms with Crippen LogP contribution in [0.4, 0.5) is 20.7 Å². The quantitative estimate of drug-likeness (QED) is 0.442. The van der Waals surface area contributed by atoms with E-state index in [1.54, 1.807) is 36.4 Å². The molecule has 1 aromatic heterocycles. The molecule has 0 fully saturated rings. The van der Waals surface area contributed by atoms with Gasteiger partial charge in [-0.05, 0) is 50.2 Å². The first kappa shape index (κ1) is 20.5. The van der Waals surface area contributed by atoms with Gasteiger partial charge in [-0.2, -0.15) is 5.10 Å². The lowest BCUT2D eigenvalue weighted by atomic mass is 10.1. The van der Waals surface area contributed by atoms with Gasteiger partial charge in [0.05, 0.1) is 5.69 Å². The summed E-state index contributed by atoms with van der Waals surface area (Å²) in [5.74, 6) is -0.488. The molecule has 0 bridgehead atoms. The molecule has 0 saturated heterocycles. The largest absolute Gasteiger partial charge is 0.336 e. The molecule has 0 unspecified atom stereocenters. The summed E-state index contributed by atoms with van der Waals surface area (Å²) < 4.78 is 14.2. The summed E-state index contributed by atoms with van der Waals surface area (Å²) in [6, 6.07) is 12.2. The molecule has 0 aliphatic rings. The van der Waals surface area contributed by atoms with Gasteiger partial charge in [-0.3, -0.25) is 9.89 Å². The third kappa shape index (κ3) is 5.64. The predicted molar refractivity (Wildman–Crippen MR) is 113 cm³/mol. The maximum atomic E-state index is 13.6. The number of H-pyrrole nitrogens is 1. The Morgan fingerprint density at radius 3 is 2.62 bits per heavy atom. The zero-order valence-corrected chi connectivity index (χ0v) is 17.3. The Balaban J connectivity index is 1.70. The first-order valence-electron chi connectivity index (χ1n) is 8.81. The maximum Gasteiger partial charge on any atom is 0.319 e. The van der Waals surface area contributed by atoms with Crippen LogP contribution in [0.15, 0.2) is 53.0 Å².